The first kappa shape index (κ1) is 15.8. The number of hydrogen-bond acceptors (Lipinski definition) is 4. The molecule has 0 aliphatic carbocycles. The van der Waals surface area contributed by atoms with Crippen LogP contribution < -0.4 is 10.6 Å². The van der Waals surface area contributed by atoms with Gasteiger partial charge in [0.2, 0.25) is 5.91 Å². The summed E-state index contributed by atoms with van der Waals surface area (Å²) in [6.45, 7) is 7.66. The lowest BCUT2D eigenvalue weighted by atomic mass is 10.0. The quantitative estimate of drug-likeness (QED) is 0.841. The summed E-state index contributed by atoms with van der Waals surface area (Å²) in [5, 5.41) is 6.41. The Morgan fingerprint density at radius 3 is 2.86 bits per heavy atom. The molecule has 1 aliphatic rings. The second-order valence-corrected chi connectivity index (χ2v) is 5.69. The molecule has 0 spiro atoms. The van der Waals surface area contributed by atoms with Gasteiger partial charge in [-0.2, -0.15) is 0 Å². The summed E-state index contributed by atoms with van der Waals surface area (Å²) < 4.78 is 0. The first-order valence-electron chi connectivity index (χ1n) is 7.86. The Balaban J connectivity index is 1.87. The van der Waals surface area contributed by atoms with E-state index in [1.54, 1.807) is 6.92 Å². The van der Waals surface area contributed by atoms with Gasteiger partial charge in [-0.25, -0.2) is 4.98 Å². The molecule has 0 radical (unpaired) electrons. The fourth-order valence-corrected chi connectivity index (χ4v) is 2.73. The van der Waals surface area contributed by atoms with Crippen LogP contribution in [-0.4, -0.2) is 41.5 Å². The van der Waals surface area contributed by atoms with Gasteiger partial charge in [-0.05, 0) is 25.3 Å². The van der Waals surface area contributed by atoms with E-state index in [1.807, 2.05) is 12.3 Å². The van der Waals surface area contributed by atoms with Crippen LogP contribution in [0.15, 0.2) is 18.3 Å². The minimum absolute atomic E-state index is 0.0757. The minimum atomic E-state index is 0.0757. The number of anilines is 1. The number of amides is 1. The second-order valence-electron chi connectivity index (χ2n) is 5.69. The van der Waals surface area contributed by atoms with Crippen LogP contribution in [0.1, 0.15) is 38.7 Å². The Bertz CT molecular complexity index is 455. The van der Waals surface area contributed by atoms with Gasteiger partial charge in [-0.15, -0.1) is 0 Å². The first-order valence-corrected chi connectivity index (χ1v) is 7.86. The monoisotopic (exact) mass is 290 g/mol. The topological polar surface area (TPSA) is 57.3 Å². The molecule has 0 atom stereocenters. The molecule has 2 heterocycles. The number of rotatable bonds is 6. The average Bonchev–Trinajstić information content (AvgIpc) is 2.48. The normalized spacial score (nSPS) is 16.7. The van der Waals surface area contributed by atoms with Gasteiger partial charge >= 0.3 is 0 Å². The average molecular weight is 290 g/mol. The van der Waals surface area contributed by atoms with Gasteiger partial charge in [-0.1, -0.05) is 13.0 Å². The van der Waals surface area contributed by atoms with E-state index in [1.165, 1.54) is 5.56 Å². The first-order chi connectivity index (χ1) is 10.2. The maximum Gasteiger partial charge on any atom is 0.217 e. The predicted molar refractivity (Wildman–Crippen MR) is 85.1 cm³/mol. The van der Waals surface area contributed by atoms with Crippen LogP contribution >= 0.6 is 0 Å². The van der Waals surface area contributed by atoms with Crippen molar-refractivity contribution in [2.24, 2.45) is 0 Å². The SMILES string of the molecule is CCCNc1ncccc1CN1CCC(NC(C)=O)CC1. The number of hydrogen-bond donors (Lipinski definition) is 2. The molecule has 2 N–H and O–H groups in total. The molecule has 1 saturated heterocycles. The third-order valence-electron chi connectivity index (χ3n) is 3.82. The molecule has 0 bridgehead atoms. The van der Waals surface area contributed by atoms with Gasteiger partial charge in [0, 0.05) is 50.9 Å². The van der Waals surface area contributed by atoms with Gasteiger partial charge in [0.1, 0.15) is 5.82 Å². The Hall–Kier alpha value is -1.62. The summed E-state index contributed by atoms with van der Waals surface area (Å²) in [5.41, 5.74) is 1.25. The van der Waals surface area contributed by atoms with Crippen molar-refractivity contribution in [2.75, 3.05) is 25.0 Å². The van der Waals surface area contributed by atoms with Crippen molar-refractivity contribution >= 4 is 11.7 Å². The Labute approximate surface area is 127 Å². The fourth-order valence-electron chi connectivity index (χ4n) is 2.73. The highest BCUT2D eigenvalue weighted by atomic mass is 16.1. The van der Waals surface area contributed by atoms with E-state index in [2.05, 4.69) is 33.5 Å². The van der Waals surface area contributed by atoms with Crippen LogP contribution in [0.25, 0.3) is 0 Å². The smallest absolute Gasteiger partial charge is 0.217 e. The molecule has 2 rings (SSSR count). The van der Waals surface area contributed by atoms with E-state index in [9.17, 15) is 4.79 Å². The number of aromatic nitrogens is 1. The molecular formula is C16H26N4O. The predicted octanol–water partition coefficient (Wildman–Crippen LogP) is 2.00. The number of likely N-dealkylation sites (tertiary alicyclic amines) is 1. The van der Waals surface area contributed by atoms with Gasteiger partial charge in [0.15, 0.2) is 0 Å². The van der Waals surface area contributed by atoms with Crippen LogP contribution in [0, 0.1) is 0 Å². The van der Waals surface area contributed by atoms with Crippen LogP contribution in [-0.2, 0) is 11.3 Å². The number of carbonyl (C=O) groups excluding carboxylic acids is 1. The molecule has 5 heteroatoms. The molecule has 0 unspecified atom stereocenters. The molecule has 0 aromatic carbocycles. The highest BCUT2D eigenvalue weighted by molar-refractivity contribution is 5.73. The van der Waals surface area contributed by atoms with Crippen LogP contribution in [0.2, 0.25) is 0 Å². The lowest BCUT2D eigenvalue weighted by Gasteiger charge is -2.32. The summed E-state index contributed by atoms with van der Waals surface area (Å²) in [7, 11) is 0. The van der Waals surface area contributed by atoms with Crippen LogP contribution in [0.4, 0.5) is 5.82 Å². The Morgan fingerprint density at radius 2 is 2.19 bits per heavy atom. The summed E-state index contributed by atoms with van der Waals surface area (Å²) >= 11 is 0. The maximum absolute atomic E-state index is 11.1. The van der Waals surface area contributed by atoms with E-state index in [4.69, 9.17) is 0 Å². The molecule has 5 nitrogen and oxygen atoms in total. The van der Waals surface area contributed by atoms with E-state index in [0.29, 0.717) is 6.04 Å². The molecule has 1 aliphatic heterocycles. The molecule has 1 fully saturated rings. The second kappa shape index (κ2) is 7.98. The van der Waals surface area contributed by atoms with Crippen molar-refractivity contribution in [3.8, 4) is 0 Å². The van der Waals surface area contributed by atoms with Crippen molar-refractivity contribution in [1.82, 2.24) is 15.2 Å². The van der Waals surface area contributed by atoms with Crippen LogP contribution in [0.5, 0.6) is 0 Å². The number of piperidine rings is 1. The van der Waals surface area contributed by atoms with E-state index < -0.39 is 0 Å². The van der Waals surface area contributed by atoms with Gasteiger partial charge in [-0.3, -0.25) is 9.69 Å². The van der Waals surface area contributed by atoms with Crippen molar-refractivity contribution in [2.45, 2.75) is 45.7 Å². The lowest BCUT2D eigenvalue weighted by molar-refractivity contribution is -0.119. The largest absolute Gasteiger partial charge is 0.370 e. The van der Waals surface area contributed by atoms with E-state index in [0.717, 1.165) is 51.3 Å². The minimum Gasteiger partial charge on any atom is -0.370 e. The highest BCUT2D eigenvalue weighted by Gasteiger charge is 2.20. The zero-order valence-corrected chi connectivity index (χ0v) is 13.1. The summed E-state index contributed by atoms with van der Waals surface area (Å²) in [6, 6.07) is 4.48. The fraction of sp³-hybridized carbons (Fsp3) is 0.625. The summed E-state index contributed by atoms with van der Waals surface area (Å²) in [5.74, 6) is 1.08. The third kappa shape index (κ3) is 5.01. The van der Waals surface area contributed by atoms with Crippen LogP contribution in [0.3, 0.4) is 0 Å². The number of carbonyl (C=O) groups is 1. The standard InChI is InChI=1S/C16H26N4O/c1-3-8-17-16-14(5-4-9-18-16)12-20-10-6-15(7-11-20)19-13(2)21/h4-5,9,15H,3,6-8,10-12H2,1-2H3,(H,17,18)(H,19,21). The van der Waals surface area contributed by atoms with Crippen molar-refractivity contribution in [3.63, 3.8) is 0 Å². The molecule has 0 saturated carbocycles. The Kier molecular flexibility index (Phi) is 5.99. The number of nitrogens with one attached hydrogen (secondary N) is 2. The van der Waals surface area contributed by atoms with Gasteiger partial charge in [0.25, 0.3) is 0 Å². The highest BCUT2D eigenvalue weighted by Crippen LogP contribution is 2.18. The maximum atomic E-state index is 11.1. The molecule has 21 heavy (non-hydrogen) atoms. The molecule has 1 aromatic rings. The van der Waals surface area contributed by atoms with Gasteiger partial charge in [0.05, 0.1) is 0 Å². The Morgan fingerprint density at radius 1 is 1.43 bits per heavy atom. The number of nitrogens with zero attached hydrogens (tertiary/aromatic N) is 2. The summed E-state index contributed by atoms with van der Waals surface area (Å²) in [4.78, 5) is 18.0. The zero-order valence-electron chi connectivity index (χ0n) is 13.1. The number of pyridine rings is 1. The zero-order chi connectivity index (χ0) is 15.1. The molecule has 1 aromatic heterocycles. The van der Waals surface area contributed by atoms with Crippen molar-refractivity contribution in [1.29, 1.82) is 0 Å². The van der Waals surface area contributed by atoms with Gasteiger partial charge < -0.3 is 10.6 Å². The van der Waals surface area contributed by atoms with Crippen molar-refractivity contribution in [3.05, 3.63) is 23.9 Å². The molecule has 116 valence electrons. The third-order valence-corrected chi connectivity index (χ3v) is 3.82. The van der Waals surface area contributed by atoms with E-state index >= 15 is 0 Å². The van der Waals surface area contributed by atoms with E-state index in [-0.39, 0.29) is 5.91 Å². The summed E-state index contributed by atoms with van der Waals surface area (Å²) in [6.07, 6.45) is 4.98. The molecule has 1 amide bonds. The van der Waals surface area contributed by atoms with Crippen molar-refractivity contribution < 1.29 is 4.79 Å². The lowest BCUT2D eigenvalue weighted by Crippen LogP contribution is -2.43. The molecular weight excluding hydrogens is 264 g/mol.